The molecule has 0 saturated heterocycles. The number of carbonyl (C=O) groups excluding carboxylic acids is 1. The Labute approximate surface area is 98.9 Å². The van der Waals surface area contributed by atoms with Gasteiger partial charge < -0.3 is 5.32 Å². The van der Waals surface area contributed by atoms with Crippen LogP contribution in [0.1, 0.15) is 27.7 Å². The van der Waals surface area contributed by atoms with E-state index in [0.29, 0.717) is 4.43 Å². The zero-order chi connectivity index (χ0) is 11.0. The fraction of sp³-hybridized carbons (Fsp3) is 0.700. The molecule has 0 radical (unpaired) electrons. The summed E-state index contributed by atoms with van der Waals surface area (Å²) in [4.78, 5) is 11.3. The Kier molecular flexibility index (Phi) is 3.26. The molecule has 14 heavy (non-hydrogen) atoms. The Morgan fingerprint density at radius 3 is 2.43 bits per heavy atom. The van der Waals surface area contributed by atoms with Gasteiger partial charge in [-0.25, -0.2) is 0 Å². The molecule has 0 aromatic rings. The van der Waals surface area contributed by atoms with Crippen molar-refractivity contribution in [2.24, 2.45) is 0 Å². The van der Waals surface area contributed by atoms with Crippen molar-refractivity contribution in [3.63, 3.8) is 0 Å². The quantitative estimate of drug-likeness (QED) is 0.601. The summed E-state index contributed by atoms with van der Waals surface area (Å²) in [6.07, 6.45) is 2.08. The van der Waals surface area contributed by atoms with E-state index in [0.717, 1.165) is 5.70 Å². The Bertz CT molecular complexity index is 282. The minimum atomic E-state index is -0.148. The lowest BCUT2D eigenvalue weighted by Gasteiger charge is -2.27. The van der Waals surface area contributed by atoms with Crippen LogP contribution in [-0.4, -0.2) is 21.4 Å². The highest BCUT2D eigenvalue weighted by atomic mass is 127. The maximum atomic E-state index is 11.3. The summed E-state index contributed by atoms with van der Waals surface area (Å²) in [5, 5.41) is 6.37. The molecule has 1 heterocycles. The second-order valence-electron chi connectivity index (χ2n) is 4.71. The Balaban J connectivity index is 2.81. The number of halogens is 1. The molecule has 0 atom stereocenters. The van der Waals surface area contributed by atoms with Gasteiger partial charge in [0.15, 0.2) is 0 Å². The number of hydrogen-bond acceptors (Lipinski definition) is 2. The van der Waals surface area contributed by atoms with Crippen molar-refractivity contribution in [1.82, 2.24) is 10.6 Å². The van der Waals surface area contributed by atoms with Gasteiger partial charge in [0.2, 0.25) is 5.91 Å². The van der Waals surface area contributed by atoms with Gasteiger partial charge in [-0.1, -0.05) is 22.6 Å². The first-order chi connectivity index (χ1) is 6.27. The smallest absolute Gasteiger partial charge is 0.234 e. The van der Waals surface area contributed by atoms with Crippen LogP contribution in [0.25, 0.3) is 0 Å². The van der Waals surface area contributed by atoms with E-state index in [4.69, 9.17) is 0 Å². The molecule has 0 unspecified atom stereocenters. The summed E-state index contributed by atoms with van der Waals surface area (Å²) in [5.74, 6) is 0.0597. The minimum absolute atomic E-state index is 0.0443. The molecule has 0 saturated carbocycles. The second-order valence-corrected chi connectivity index (χ2v) is 5.47. The van der Waals surface area contributed by atoms with E-state index in [1.54, 1.807) is 0 Å². The number of hydrogen-bond donors (Lipinski definition) is 2. The summed E-state index contributed by atoms with van der Waals surface area (Å²) in [7, 11) is 0. The van der Waals surface area contributed by atoms with Gasteiger partial charge in [0, 0.05) is 11.2 Å². The van der Waals surface area contributed by atoms with Crippen LogP contribution in [0.5, 0.6) is 0 Å². The SMILES string of the molecule is CC1(C)C=C(NC(=O)CI)C(C)(C)N1. The molecule has 0 bridgehead atoms. The molecule has 1 amide bonds. The second kappa shape index (κ2) is 3.81. The van der Waals surface area contributed by atoms with E-state index in [-0.39, 0.29) is 17.0 Å². The lowest BCUT2D eigenvalue weighted by atomic mass is 10.0. The van der Waals surface area contributed by atoms with Crippen molar-refractivity contribution in [2.45, 2.75) is 38.8 Å². The van der Waals surface area contributed by atoms with Crippen LogP contribution in [0.15, 0.2) is 11.8 Å². The maximum absolute atomic E-state index is 11.3. The molecule has 1 aliphatic heterocycles. The third kappa shape index (κ3) is 2.70. The van der Waals surface area contributed by atoms with Gasteiger partial charge in [0.25, 0.3) is 0 Å². The number of rotatable bonds is 2. The van der Waals surface area contributed by atoms with Gasteiger partial charge in [-0.15, -0.1) is 0 Å². The van der Waals surface area contributed by atoms with Crippen molar-refractivity contribution in [2.75, 3.05) is 4.43 Å². The van der Waals surface area contributed by atoms with E-state index in [9.17, 15) is 4.79 Å². The molecule has 0 aliphatic carbocycles. The van der Waals surface area contributed by atoms with Crippen molar-refractivity contribution >= 4 is 28.5 Å². The van der Waals surface area contributed by atoms with Gasteiger partial charge >= 0.3 is 0 Å². The van der Waals surface area contributed by atoms with Crippen LogP contribution >= 0.6 is 22.6 Å². The number of alkyl halides is 1. The third-order valence-corrected chi connectivity index (χ3v) is 2.90. The molecule has 1 rings (SSSR count). The summed E-state index contributed by atoms with van der Waals surface area (Å²) in [6.45, 7) is 8.33. The van der Waals surface area contributed by atoms with Crippen molar-refractivity contribution in [3.05, 3.63) is 11.8 Å². The first kappa shape index (κ1) is 12.0. The van der Waals surface area contributed by atoms with Crippen molar-refractivity contribution in [3.8, 4) is 0 Å². The number of amides is 1. The molecule has 0 fully saturated rings. The molecule has 3 nitrogen and oxygen atoms in total. The predicted molar refractivity (Wildman–Crippen MR) is 66.4 cm³/mol. The molecule has 4 heteroatoms. The lowest BCUT2D eigenvalue weighted by molar-refractivity contribution is -0.117. The summed E-state index contributed by atoms with van der Waals surface area (Å²) in [6, 6.07) is 0. The van der Waals surface area contributed by atoms with Crippen LogP contribution < -0.4 is 10.6 Å². The molecule has 2 N–H and O–H groups in total. The largest absolute Gasteiger partial charge is 0.328 e. The fourth-order valence-electron chi connectivity index (χ4n) is 1.83. The van der Waals surface area contributed by atoms with E-state index < -0.39 is 0 Å². The Morgan fingerprint density at radius 2 is 2.07 bits per heavy atom. The predicted octanol–water partition coefficient (Wildman–Crippen LogP) is 1.58. The molecule has 0 aromatic carbocycles. The average Bonchev–Trinajstić information content (AvgIpc) is 2.19. The Morgan fingerprint density at radius 1 is 1.50 bits per heavy atom. The Hall–Kier alpha value is -0.100. The van der Waals surface area contributed by atoms with Crippen LogP contribution in [0.2, 0.25) is 0 Å². The monoisotopic (exact) mass is 308 g/mol. The third-order valence-electron chi connectivity index (χ3n) is 2.21. The molecule has 0 spiro atoms. The van der Waals surface area contributed by atoms with Crippen LogP contribution in [0.3, 0.4) is 0 Å². The standard InChI is InChI=1S/C10H17IN2O/c1-9(2)5-7(10(3,4)13-9)12-8(14)6-11/h5,13H,6H2,1-4H3,(H,12,14). The van der Waals surface area contributed by atoms with E-state index in [1.807, 2.05) is 0 Å². The van der Waals surface area contributed by atoms with E-state index >= 15 is 0 Å². The number of nitrogens with one attached hydrogen (secondary N) is 2. The van der Waals surface area contributed by atoms with Crippen LogP contribution in [0, 0.1) is 0 Å². The minimum Gasteiger partial charge on any atom is -0.328 e. The van der Waals surface area contributed by atoms with Crippen LogP contribution in [-0.2, 0) is 4.79 Å². The van der Waals surface area contributed by atoms with Gasteiger partial charge in [-0.05, 0) is 33.8 Å². The first-order valence-electron chi connectivity index (χ1n) is 4.65. The zero-order valence-corrected chi connectivity index (χ0v) is 11.2. The summed E-state index contributed by atoms with van der Waals surface area (Å²) < 4.78 is 0.492. The fourth-order valence-corrected chi connectivity index (χ4v) is 2.02. The van der Waals surface area contributed by atoms with Crippen molar-refractivity contribution < 1.29 is 4.79 Å². The molecule has 80 valence electrons. The topological polar surface area (TPSA) is 41.1 Å². The summed E-state index contributed by atoms with van der Waals surface area (Å²) in [5.41, 5.74) is 0.784. The molecular weight excluding hydrogens is 291 g/mol. The van der Waals surface area contributed by atoms with Gasteiger partial charge in [0.05, 0.1) is 9.97 Å². The van der Waals surface area contributed by atoms with Gasteiger partial charge in [-0.3, -0.25) is 10.1 Å². The normalized spacial score (nSPS) is 23.1. The maximum Gasteiger partial charge on any atom is 0.234 e. The van der Waals surface area contributed by atoms with Gasteiger partial charge in [0.1, 0.15) is 0 Å². The zero-order valence-electron chi connectivity index (χ0n) is 9.07. The highest BCUT2D eigenvalue weighted by Gasteiger charge is 2.37. The summed E-state index contributed by atoms with van der Waals surface area (Å²) >= 11 is 2.06. The van der Waals surface area contributed by atoms with Crippen molar-refractivity contribution in [1.29, 1.82) is 0 Å². The highest BCUT2D eigenvalue weighted by molar-refractivity contribution is 14.1. The number of carbonyl (C=O) groups is 1. The molecule has 0 aromatic heterocycles. The molecular formula is C10H17IN2O. The highest BCUT2D eigenvalue weighted by Crippen LogP contribution is 2.27. The van der Waals surface area contributed by atoms with Crippen LogP contribution in [0.4, 0.5) is 0 Å². The lowest BCUT2D eigenvalue weighted by Crippen LogP contribution is -2.48. The first-order valence-corrected chi connectivity index (χ1v) is 6.18. The van der Waals surface area contributed by atoms with E-state index in [1.165, 1.54) is 0 Å². The van der Waals surface area contributed by atoms with E-state index in [2.05, 4.69) is 67.0 Å². The van der Waals surface area contributed by atoms with Gasteiger partial charge in [-0.2, -0.15) is 0 Å². The molecule has 1 aliphatic rings. The average molecular weight is 308 g/mol.